The van der Waals surface area contributed by atoms with E-state index >= 15 is 0 Å². The Kier molecular flexibility index (Phi) is 4.61. The zero-order valence-corrected chi connectivity index (χ0v) is 10.9. The molecule has 1 aromatic carbocycles. The molecule has 0 aliphatic carbocycles. The van der Waals surface area contributed by atoms with Crippen LogP contribution < -0.4 is 5.73 Å². The number of halogens is 1. The van der Waals surface area contributed by atoms with Gasteiger partial charge in [0.15, 0.2) is 0 Å². The van der Waals surface area contributed by atoms with Crippen molar-refractivity contribution >= 4 is 15.9 Å². The van der Waals surface area contributed by atoms with Gasteiger partial charge in [0.2, 0.25) is 0 Å². The second-order valence-corrected chi connectivity index (χ2v) is 4.73. The summed E-state index contributed by atoms with van der Waals surface area (Å²) in [4.78, 5) is 0. The Morgan fingerprint density at radius 1 is 1.33 bits per heavy atom. The van der Waals surface area contributed by atoms with Crippen LogP contribution in [0.1, 0.15) is 29.5 Å². The van der Waals surface area contributed by atoms with Gasteiger partial charge in [0.25, 0.3) is 0 Å². The molecule has 3 N–H and O–H groups in total. The van der Waals surface area contributed by atoms with Crippen LogP contribution in [-0.4, -0.2) is 11.7 Å². The van der Waals surface area contributed by atoms with E-state index in [2.05, 4.69) is 15.9 Å². The zero-order valence-electron chi connectivity index (χ0n) is 9.31. The van der Waals surface area contributed by atoms with Crippen molar-refractivity contribution in [2.24, 2.45) is 5.73 Å². The smallest absolute Gasteiger partial charge is 0.121 e. The number of hydrogen-bond acceptors (Lipinski definition) is 2. The lowest BCUT2D eigenvalue weighted by atomic mass is 9.99. The van der Waals surface area contributed by atoms with E-state index in [4.69, 9.17) is 5.73 Å². The molecule has 0 spiro atoms. The monoisotopic (exact) mass is 271 g/mol. The summed E-state index contributed by atoms with van der Waals surface area (Å²) in [5.74, 6) is 0.418. The molecule has 3 heteroatoms. The fourth-order valence-electron chi connectivity index (χ4n) is 1.72. The number of aryl methyl sites for hydroxylation is 1. The first-order valence-corrected chi connectivity index (χ1v) is 6.04. The van der Waals surface area contributed by atoms with Gasteiger partial charge < -0.3 is 10.8 Å². The molecule has 0 saturated carbocycles. The lowest BCUT2D eigenvalue weighted by Gasteiger charge is -2.12. The van der Waals surface area contributed by atoms with Gasteiger partial charge in [0.1, 0.15) is 5.75 Å². The van der Waals surface area contributed by atoms with Gasteiger partial charge in [0.05, 0.1) is 0 Å². The SMILES string of the molecule is Cc1cc(Br)c(CCCCN)c(C)c1O. The van der Waals surface area contributed by atoms with Gasteiger partial charge in [-0.25, -0.2) is 0 Å². The maximum Gasteiger partial charge on any atom is 0.121 e. The Morgan fingerprint density at radius 2 is 2.00 bits per heavy atom. The largest absolute Gasteiger partial charge is 0.507 e. The zero-order chi connectivity index (χ0) is 11.4. The predicted molar refractivity (Wildman–Crippen MR) is 67.3 cm³/mol. The molecule has 0 aliphatic rings. The number of rotatable bonds is 4. The minimum Gasteiger partial charge on any atom is -0.507 e. The van der Waals surface area contributed by atoms with Gasteiger partial charge in [-0.05, 0) is 62.4 Å². The third kappa shape index (κ3) is 2.95. The molecule has 2 nitrogen and oxygen atoms in total. The molecule has 15 heavy (non-hydrogen) atoms. The third-order valence-corrected chi connectivity index (χ3v) is 3.40. The second kappa shape index (κ2) is 5.52. The van der Waals surface area contributed by atoms with Gasteiger partial charge in [-0.3, -0.25) is 0 Å². The summed E-state index contributed by atoms with van der Waals surface area (Å²) in [5, 5.41) is 9.82. The summed E-state index contributed by atoms with van der Waals surface area (Å²) in [5.41, 5.74) is 8.57. The molecule has 0 amide bonds. The number of unbranched alkanes of at least 4 members (excludes halogenated alkanes) is 1. The van der Waals surface area contributed by atoms with Crippen LogP contribution in [0.3, 0.4) is 0 Å². The lowest BCUT2D eigenvalue weighted by molar-refractivity contribution is 0.465. The normalized spacial score (nSPS) is 10.7. The summed E-state index contributed by atoms with van der Waals surface area (Å²) in [6, 6.07) is 1.97. The van der Waals surface area contributed by atoms with E-state index in [-0.39, 0.29) is 0 Å². The van der Waals surface area contributed by atoms with Crippen LogP contribution >= 0.6 is 15.9 Å². The van der Waals surface area contributed by atoms with Crippen LogP contribution in [0.5, 0.6) is 5.75 Å². The average molecular weight is 272 g/mol. The van der Waals surface area contributed by atoms with Crippen LogP contribution in [0.2, 0.25) is 0 Å². The summed E-state index contributed by atoms with van der Waals surface area (Å²) in [6.07, 6.45) is 3.07. The van der Waals surface area contributed by atoms with Gasteiger partial charge in [-0.2, -0.15) is 0 Å². The summed E-state index contributed by atoms with van der Waals surface area (Å²) in [7, 11) is 0. The van der Waals surface area contributed by atoms with Crippen LogP contribution in [-0.2, 0) is 6.42 Å². The molecule has 0 bridgehead atoms. The molecule has 0 radical (unpaired) electrons. The number of phenols is 1. The van der Waals surface area contributed by atoms with E-state index in [9.17, 15) is 5.11 Å². The molecule has 0 saturated heterocycles. The molecular formula is C12H18BrNO. The van der Waals surface area contributed by atoms with E-state index in [1.165, 1.54) is 5.56 Å². The number of benzene rings is 1. The topological polar surface area (TPSA) is 46.2 Å². The van der Waals surface area contributed by atoms with Crippen molar-refractivity contribution < 1.29 is 5.11 Å². The maximum absolute atomic E-state index is 9.82. The molecular weight excluding hydrogens is 254 g/mol. The van der Waals surface area contributed by atoms with Crippen molar-refractivity contribution in [3.8, 4) is 5.75 Å². The van der Waals surface area contributed by atoms with Crippen LogP contribution in [0.15, 0.2) is 10.5 Å². The Labute approximate surface area is 99.6 Å². The Balaban J connectivity index is 2.92. The van der Waals surface area contributed by atoms with Gasteiger partial charge >= 0.3 is 0 Å². The Bertz CT molecular complexity index is 350. The number of phenolic OH excluding ortho intramolecular Hbond substituents is 1. The van der Waals surface area contributed by atoms with Crippen LogP contribution in [0, 0.1) is 13.8 Å². The minimum absolute atomic E-state index is 0.418. The van der Waals surface area contributed by atoms with Crippen molar-refractivity contribution in [3.63, 3.8) is 0 Å². The van der Waals surface area contributed by atoms with Crippen LogP contribution in [0.25, 0.3) is 0 Å². The third-order valence-electron chi connectivity index (χ3n) is 2.69. The maximum atomic E-state index is 9.82. The predicted octanol–water partition coefficient (Wildman–Crippen LogP) is 3.05. The van der Waals surface area contributed by atoms with Crippen molar-refractivity contribution in [2.75, 3.05) is 6.54 Å². The highest BCUT2D eigenvalue weighted by atomic mass is 79.9. The first-order chi connectivity index (χ1) is 7.07. The highest BCUT2D eigenvalue weighted by molar-refractivity contribution is 9.10. The highest BCUT2D eigenvalue weighted by Gasteiger charge is 2.10. The van der Waals surface area contributed by atoms with Crippen molar-refractivity contribution in [1.82, 2.24) is 0 Å². The number of aromatic hydroxyl groups is 1. The minimum atomic E-state index is 0.418. The fraction of sp³-hybridized carbons (Fsp3) is 0.500. The van der Waals surface area contributed by atoms with E-state index < -0.39 is 0 Å². The summed E-state index contributed by atoms with van der Waals surface area (Å²) in [6.45, 7) is 4.61. The molecule has 0 unspecified atom stereocenters. The lowest BCUT2D eigenvalue weighted by Crippen LogP contribution is -2.00. The standard InChI is InChI=1S/C12H18BrNO/c1-8-7-11(13)10(5-3-4-6-14)9(2)12(8)15/h7,15H,3-6,14H2,1-2H3. The molecule has 0 aromatic heterocycles. The molecule has 1 aromatic rings. The molecule has 0 aliphatic heterocycles. The molecule has 1 rings (SSSR count). The number of hydrogen-bond donors (Lipinski definition) is 2. The molecule has 0 atom stereocenters. The van der Waals surface area contributed by atoms with Gasteiger partial charge in [-0.1, -0.05) is 15.9 Å². The van der Waals surface area contributed by atoms with Crippen molar-refractivity contribution in [2.45, 2.75) is 33.1 Å². The second-order valence-electron chi connectivity index (χ2n) is 3.87. The van der Waals surface area contributed by atoms with Gasteiger partial charge in [0, 0.05) is 4.47 Å². The molecule has 84 valence electrons. The highest BCUT2D eigenvalue weighted by Crippen LogP contribution is 2.32. The first kappa shape index (κ1) is 12.5. The summed E-state index contributed by atoms with van der Waals surface area (Å²) >= 11 is 3.54. The summed E-state index contributed by atoms with van der Waals surface area (Å²) < 4.78 is 1.09. The Morgan fingerprint density at radius 3 is 2.60 bits per heavy atom. The van der Waals surface area contributed by atoms with Crippen molar-refractivity contribution in [1.29, 1.82) is 0 Å². The molecule has 0 fully saturated rings. The number of nitrogens with two attached hydrogens (primary N) is 1. The van der Waals surface area contributed by atoms with E-state index in [0.717, 1.165) is 41.4 Å². The quantitative estimate of drug-likeness (QED) is 0.827. The molecule has 0 heterocycles. The van der Waals surface area contributed by atoms with Gasteiger partial charge in [-0.15, -0.1) is 0 Å². The van der Waals surface area contributed by atoms with E-state index in [1.54, 1.807) is 0 Å². The van der Waals surface area contributed by atoms with E-state index in [1.807, 2.05) is 19.9 Å². The van der Waals surface area contributed by atoms with Crippen LogP contribution in [0.4, 0.5) is 0 Å². The fourth-order valence-corrected chi connectivity index (χ4v) is 2.56. The average Bonchev–Trinajstić information content (AvgIpc) is 2.20. The Hall–Kier alpha value is -0.540. The van der Waals surface area contributed by atoms with E-state index in [0.29, 0.717) is 5.75 Å². The van der Waals surface area contributed by atoms with Crippen molar-refractivity contribution in [3.05, 3.63) is 27.2 Å². The first-order valence-electron chi connectivity index (χ1n) is 5.25.